The zero-order valence-corrected chi connectivity index (χ0v) is 12.8. The third-order valence-corrected chi connectivity index (χ3v) is 4.36. The number of aliphatic hydroxyl groups excluding tert-OH is 1. The average Bonchev–Trinajstić information content (AvgIpc) is 2.49. The van der Waals surface area contributed by atoms with E-state index in [0.717, 1.165) is 15.6 Å². The lowest BCUT2D eigenvalue weighted by Gasteiger charge is -2.20. The summed E-state index contributed by atoms with van der Waals surface area (Å²) in [4.78, 5) is 0. The second-order valence-corrected chi connectivity index (χ2v) is 5.74. The standard InChI is InChI=1S/C15H12BrClO3/c16-11-7-9(1-3-12(11)17)15(18)10-2-4-13-14(8-10)20-6-5-19-13/h1-4,7-8,15,18H,5-6H2. The Bertz CT molecular complexity index is 645. The number of halogens is 2. The van der Waals surface area contributed by atoms with Crippen LogP contribution in [0.15, 0.2) is 40.9 Å². The van der Waals surface area contributed by atoms with Gasteiger partial charge in [-0.3, -0.25) is 0 Å². The Morgan fingerprint density at radius 1 is 1.00 bits per heavy atom. The van der Waals surface area contributed by atoms with Crippen molar-refractivity contribution in [2.24, 2.45) is 0 Å². The van der Waals surface area contributed by atoms with E-state index in [-0.39, 0.29) is 0 Å². The number of hydrogen-bond donors (Lipinski definition) is 1. The highest BCUT2D eigenvalue weighted by atomic mass is 79.9. The molecule has 0 radical (unpaired) electrons. The number of rotatable bonds is 2. The first kappa shape index (κ1) is 13.7. The van der Waals surface area contributed by atoms with E-state index in [9.17, 15) is 5.11 Å². The van der Waals surface area contributed by atoms with E-state index in [4.69, 9.17) is 21.1 Å². The van der Waals surface area contributed by atoms with E-state index in [1.165, 1.54) is 0 Å². The number of benzene rings is 2. The number of fused-ring (bicyclic) bond motifs is 1. The summed E-state index contributed by atoms with van der Waals surface area (Å²) in [6.07, 6.45) is -0.737. The normalized spacial score (nSPS) is 14.9. The smallest absolute Gasteiger partial charge is 0.161 e. The highest BCUT2D eigenvalue weighted by Gasteiger charge is 2.17. The maximum atomic E-state index is 10.4. The quantitative estimate of drug-likeness (QED) is 0.886. The Morgan fingerprint density at radius 3 is 2.40 bits per heavy atom. The van der Waals surface area contributed by atoms with Crippen molar-refractivity contribution < 1.29 is 14.6 Å². The Balaban J connectivity index is 1.93. The van der Waals surface area contributed by atoms with Gasteiger partial charge in [0.1, 0.15) is 19.3 Å². The molecule has 0 fully saturated rings. The van der Waals surface area contributed by atoms with Gasteiger partial charge in [0.2, 0.25) is 0 Å². The van der Waals surface area contributed by atoms with Crippen molar-refractivity contribution in [1.82, 2.24) is 0 Å². The SMILES string of the molecule is OC(c1ccc(Cl)c(Br)c1)c1ccc2c(c1)OCCO2. The molecule has 1 aliphatic rings. The summed E-state index contributed by atoms with van der Waals surface area (Å²) in [7, 11) is 0. The Hall–Kier alpha value is -1.23. The molecule has 1 atom stereocenters. The molecule has 20 heavy (non-hydrogen) atoms. The van der Waals surface area contributed by atoms with E-state index < -0.39 is 6.10 Å². The minimum absolute atomic E-state index is 0.527. The summed E-state index contributed by atoms with van der Waals surface area (Å²) in [5.41, 5.74) is 1.52. The number of hydrogen-bond acceptors (Lipinski definition) is 3. The topological polar surface area (TPSA) is 38.7 Å². The van der Waals surface area contributed by atoms with Gasteiger partial charge in [-0.15, -0.1) is 0 Å². The average molecular weight is 356 g/mol. The lowest BCUT2D eigenvalue weighted by molar-refractivity contribution is 0.169. The second kappa shape index (κ2) is 5.64. The minimum atomic E-state index is -0.737. The fourth-order valence-electron chi connectivity index (χ4n) is 2.10. The van der Waals surface area contributed by atoms with Crippen LogP contribution >= 0.6 is 27.5 Å². The zero-order chi connectivity index (χ0) is 14.1. The van der Waals surface area contributed by atoms with Crippen LogP contribution in [0.1, 0.15) is 17.2 Å². The van der Waals surface area contributed by atoms with Gasteiger partial charge in [-0.1, -0.05) is 23.7 Å². The van der Waals surface area contributed by atoms with Crippen molar-refractivity contribution in [3.63, 3.8) is 0 Å². The number of ether oxygens (including phenoxy) is 2. The van der Waals surface area contributed by atoms with E-state index in [0.29, 0.717) is 29.7 Å². The summed E-state index contributed by atoms with van der Waals surface area (Å²) < 4.78 is 11.8. The third-order valence-electron chi connectivity index (χ3n) is 3.14. The van der Waals surface area contributed by atoms with Crippen LogP contribution < -0.4 is 9.47 Å². The lowest BCUT2D eigenvalue weighted by Crippen LogP contribution is -2.15. The molecule has 2 aromatic carbocycles. The van der Waals surface area contributed by atoms with Crippen LogP contribution in [0.3, 0.4) is 0 Å². The Labute approximate surface area is 130 Å². The lowest BCUT2D eigenvalue weighted by atomic mass is 10.0. The van der Waals surface area contributed by atoms with Crippen LogP contribution in [-0.2, 0) is 0 Å². The van der Waals surface area contributed by atoms with Crippen molar-refractivity contribution in [1.29, 1.82) is 0 Å². The zero-order valence-electron chi connectivity index (χ0n) is 10.5. The van der Waals surface area contributed by atoms with E-state index in [2.05, 4.69) is 15.9 Å². The monoisotopic (exact) mass is 354 g/mol. The van der Waals surface area contributed by atoms with Crippen molar-refractivity contribution in [2.75, 3.05) is 13.2 Å². The predicted octanol–water partition coefficient (Wildman–Crippen LogP) is 3.96. The molecule has 3 rings (SSSR count). The molecule has 3 nitrogen and oxygen atoms in total. The first-order valence-corrected chi connectivity index (χ1v) is 7.35. The van der Waals surface area contributed by atoms with Crippen LogP contribution in [0, 0.1) is 0 Å². The van der Waals surface area contributed by atoms with E-state index >= 15 is 0 Å². The summed E-state index contributed by atoms with van der Waals surface area (Å²) in [5.74, 6) is 1.38. The Morgan fingerprint density at radius 2 is 1.65 bits per heavy atom. The molecule has 1 aliphatic heterocycles. The van der Waals surface area contributed by atoms with Gasteiger partial charge >= 0.3 is 0 Å². The van der Waals surface area contributed by atoms with Gasteiger partial charge in [0.25, 0.3) is 0 Å². The molecule has 5 heteroatoms. The highest BCUT2D eigenvalue weighted by molar-refractivity contribution is 9.10. The molecule has 1 heterocycles. The van der Waals surface area contributed by atoms with Crippen LogP contribution in [0.4, 0.5) is 0 Å². The molecule has 0 saturated carbocycles. The van der Waals surface area contributed by atoms with Gasteiger partial charge in [0, 0.05) is 4.47 Å². The first-order chi connectivity index (χ1) is 9.65. The molecular weight excluding hydrogens is 344 g/mol. The van der Waals surface area contributed by atoms with Crippen molar-refractivity contribution in [2.45, 2.75) is 6.10 Å². The van der Waals surface area contributed by atoms with Crippen molar-refractivity contribution in [3.05, 3.63) is 57.0 Å². The van der Waals surface area contributed by atoms with Crippen LogP contribution in [0.25, 0.3) is 0 Å². The number of aliphatic hydroxyl groups is 1. The van der Waals surface area contributed by atoms with E-state index in [1.807, 2.05) is 24.3 Å². The molecule has 104 valence electrons. The van der Waals surface area contributed by atoms with Crippen LogP contribution in [0.2, 0.25) is 5.02 Å². The molecule has 0 amide bonds. The molecular formula is C15H12BrClO3. The van der Waals surface area contributed by atoms with Gasteiger partial charge < -0.3 is 14.6 Å². The molecule has 0 spiro atoms. The van der Waals surface area contributed by atoms with Gasteiger partial charge in [0.05, 0.1) is 5.02 Å². The van der Waals surface area contributed by atoms with Gasteiger partial charge in [0.15, 0.2) is 11.5 Å². The fraction of sp³-hybridized carbons (Fsp3) is 0.200. The summed E-state index contributed by atoms with van der Waals surface area (Å²) in [5, 5.41) is 11.1. The summed E-state index contributed by atoms with van der Waals surface area (Å²) in [6, 6.07) is 10.8. The van der Waals surface area contributed by atoms with Gasteiger partial charge in [-0.2, -0.15) is 0 Å². The molecule has 1 unspecified atom stereocenters. The summed E-state index contributed by atoms with van der Waals surface area (Å²) in [6.45, 7) is 1.08. The molecule has 0 saturated heterocycles. The molecule has 1 N–H and O–H groups in total. The minimum Gasteiger partial charge on any atom is -0.486 e. The predicted molar refractivity (Wildman–Crippen MR) is 80.6 cm³/mol. The van der Waals surface area contributed by atoms with Crippen LogP contribution in [0.5, 0.6) is 11.5 Å². The van der Waals surface area contributed by atoms with Crippen molar-refractivity contribution in [3.8, 4) is 11.5 Å². The third kappa shape index (κ3) is 2.64. The molecule has 0 bridgehead atoms. The molecule has 0 aliphatic carbocycles. The second-order valence-electron chi connectivity index (χ2n) is 4.48. The Kier molecular flexibility index (Phi) is 3.87. The van der Waals surface area contributed by atoms with Crippen molar-refractivity contribution >= 4 is 27.5 Å². The molecule has 0 aromatic heterocycles. The molecule has 2 aromatic rings. The first-order valence-electron chi connectivity index (χ1n) is 6.18. The van der Waals surface area contributed by atoms with Crippen LogP contribution in [-0.4, -0.2) is 18.3 Å². The fourth-order valence-corrected chi connectivity index (χ4v) is 2.62. The van der Waals surface area contributed by atoms with Gasteiger partial charge in [-0.05, 0) is 51.3 Å². The van der Waals surface area contributed by atoms with E-state index in [1.54, 1.807) is 12.1 Å². The maximum absolute atomic E-state index is 10.4. The van der Waals surface area contributed by atoms with Gasteiger partial charge in [-0.25, -0.2) is 0 Å². The highest BCUT2D eigenvalue weighted by Crippen LogP contribution is 2.35. The largest absolute Gasteiger partial charge is 0.486 e. The summed E-state index contributed by atoms with van der Waals surface area (Å²) >= 11 is 9.32. The maximum Gasteiger partial charge on any atom is 0.161 e.